The van der Waals surface area contributed by atoms with E-state index in [9.17, 15) is 0 Å². The van der Waals surface area contributed by atoms with Crippen molar-refractivity contribution in [3.63, 3.8) is 0 Å². The van der Waals surface area contributed by atoms with Gasteiger partial charge >= 0.3 is 0 Å². The summed E-state index contributed by atoms with van der Waals surface area (Å²) in [6.07, 6.45) is 7.50. The summed E-state index contributed by atoms with van der Waals surface area (Å²) in [4.78, 5) is 0. The zero-order valence-corrected chi connectivity index (χ0v) is 11.3. The molecule has 0 spiro atoms. The molecule has 0 bridgehead atoms. The van der Waals surface area contributed by atoms with Crippen molar-refractivity contribution in [2.75, 3.05) is 0 Å². The van der Waals surface area contributed by atoms with Crippen LogP contribution in [0.15, 0.2) is 72.5 Å². The molecule has 0 saturated heterocycles. The SMILES string of the molecule is NC1=CCC(C2c3ccccc3-c3ccccc32)C=C1. The number of benzene rings is 2. The molecule has 2 aliphatic rings. The number of hydrogen-bond donors (Lipinski definition) is 1. The van der Waals surface area contributed by atoms with Crippen LogP contribution in [0.4, 0.5) is 0 Å². The van der Waals surface area contributed by atoms with Gasteiger partial charge in [-0.05, 0) is 40.7 Å². The Morgan fingerprint density at radius 2 is 1.45 bits per heavy atom. The molecule has 1 nitrogen and oxygen atoms in total. The standard InChI is InChI=1S/C19H17N/c20-14-11-9-13(10-12-14)19-17-7-3-1-5-15(17)16-6-2-4-8-18(16)19/h1-9,11-13,19H,10,20H2. The summed E-state index contributed by atoms with van der Waals surface area (Å²) < 4.78 is 0. The van der Waals surface area contributed by atoms with Gasteiger partial charge in [-0.3, -0.25) is 0 Å². The van der Waals surface area contributed by atoms with Gasteiger partial charge in [0, 0.05) is 11.6 Å². The van der Waals surface area contributed by atoms with Crippen LogP contribution in [0.3, 0.4) is 0 Å². The zero-order valence-electron chi connectivity index (χ0n) is 11.3. The second-order valence-electron chi connectivity index (χ2n) is 5.61. The molecule has 98 valence electrons. The third-order valence-electron chi connectivity index (χ3n) is 4.47. The van der Waals surface area contributed by atoms with Gasteiger partial charge in [-0.15, -0.1) is 0 Å². The first kappa shape index (κ1) is 11.5. The van der Waals surface area contributed by atoms with Crippen LogP contribution >= 0.6 is 0 Å². The molecule has 2 aliphatic carbocycles. The van der Waals surface area contributed by atoms with Crippen LogP contribution in [-0.4, -0.2) is 0 Å². The van der Waals surface area contributed by atoms with E-state index < -0.39 is 0 Å². The predicted molar refractivity (Wildman–Crippen MR) is 83.2 cm³/mol. The summed E-state index contributed by atoms with van der Waals surface area (Å²) in [5.74, 6) is 0.968. The maximum atomic E-state index is 5.86. The van der Waals surface area contributed by atoms with Gasteiger partial charge in [0.2, 0.25) is 0 Å². The highest BCUT2D eigenvalue weighted by Crippen LogP contribution is 2.49. The molecular formula is C19H17N. The molecule has 0 aromatic heterocycles. The van der Waals surface area contributed by atoms with Crippen LogP contribution in [0.25, 0.3) is 11.1 Å². The van der Waals surface area contributed by atoms with Gasteiger partial charge in [0.05, 0.1) is 0 Å². The first-order chi connectivity index (χ1) is 9.84. The van der Waals surface area contributed by atoms with Gasteiger partial charge in [0.25, 0.3) is 0 Å². The van der Waals surface area contributed by atoms with Crippen LogP contribution in [0.2, 0.25) is 0 Å². The number of allylic oxidation sites excluding steroid dienone is 3. The summed E-state index contributed by atoms with van der Waals surface area (Å²) >= 11 is 0. The molecule has 1 unspecified atom stereocenters. The molecule has 20 heavy (non-hydrogen) atoms. The van der Waals surface area contributed by atoms with E-state index in [0.717, 1.165) is 12.1 Å². The molecule has 0 fully saturated rings. The van der Waals surface area contributed by atoms with E-state index in [2.05, 4.69) is 66.8 Å². The van der Waals surface area contributed by atoms with E-state index in [1.807, 2.05) is 0 Å². The van der Waals surface area contributed by atoms with Crippen LogP contribution in [0.5, 0.6) is 0 Å². The Hall–Kier alpha value is -2.28. The third kappa shape index (κ3) is 1.63. The second-order valence-corrected chi connectivity index (χ2v) is 5.61. The average Bonchev–Trinajstić information content (AvgIpc) is 2.83. The Labute approximate surface area is 119 Å². The maximum absolute atomic E-state index is 5.86. The highest BCUT2D eigenvalue weighted by Gasteiger charge is 2.32. The van der Waals surface area contributed by atoms with Gasteiger partial charge in [-0.2, -0.15) is 0 Å². The van der Waals surface area contributed by atoms with Crippen LogP contribution < -0.4 is 5.73 Å². The van der Waals surface area contributed by atoms with Crippen molar-refractivity contribution in [3.05, 3.63) is 83.6 Å². The van der Waals surface area contributed by atoms with Crippen LogP contribution in [0.1, 0.15) is 23.5 Å². The monoisotopic (exact) mass is 259 g/mol. The Morgan fingerprint density at radius 1 is 0.850 bits per heavy atom. The minimum absolute atomic E-state index is 0.461. The summed E-state index contributed by atoms with van der Waals surface area (Å²) in [7, 11) is 0. The molecule has 0 radical (unpaired) electrons. The van der Waals surface area contributed by atoms with Crippen molar-refractivity contribution in [1.82, 2.24) is 0 Å². The molecule has 2 N–H and O–H groups in total. The average molecular weight is 259 g/mol. The summed E-state index contributed by atoms with van der Waals surface area (Å²) in [5, 5.41) is 0. The summed E-state index contributed by atoms with van der Waals surface area (Å²) in [5.41, 5.74) is 12.4. The number of nitrogens with two attached hydrogens (primary N) is 1. The molecule has 2 aromatic rings. The third-order valence-corrected chi connectivity index (χ3v) is 4.47. The zero-order chi connectivity index (χ0) is 13.5. The normalized spacial score (nSPS) is 20.4. The minimum Gasteiger partial charge on any atom is -0.399 e. The molecule has 2 aromatic carbocycles. The first-order valence-corrected chi connectivity index (χ1v) is 7.16. The molecule has 0 saturated carbocycles. The first-order valence-electron chi connectivity index (χ1n) is 7.16. The second kappa shape index (κ2) is 4.38. The molecule has 1 atom stereocenters. The highest BCUT2D eigenvalue weighted by molar-refractivity contribution is 5.79. The molecular weight excluding hydrogens is 242 g/mol. The lowest BCUT2D eigenvalue weighted by Crippen LogP contribution is -2.13. The molecule has 1 heteroatoms. The van der Waals surface area contributed by atoms with Gasteiger partial charge in [0.15, 0.2) is 0 Å². The minimum atomic E-state index is 0.461. The number of hydrogen-bond acceptors (Lipinski definition) is 1. The Morgan fingerprint density at radius 3 is 2.00 bits per heavy atom. The summed E-state index contributed by atoms with van der Waals surface area (Å²) in [6.45, 7) is 0. The number of rotatable bonds is 1. The van der Waals surface area contributed by atoms with Crippen molar-refractivity contribution in [2.45, 2.75) is 12.3 Å². The van der Waals surface area contributed by atoms with E-state index >= 15 is 0 Å². The Kier molecular flexibility index (Phi) is 2.53. The van der Waals surface area contributed by atoms with Crippen molar-refractivity contribution in [1.29, 1.82) is 0 Å². The molecule has 0 amide bonds. The van der Waals surface area contributed by atoms with Gasteiger partial charge in [-0.1, -0.05) is 60.7 Å². The smallest absolute Gasteiger partial charge is 0.0270 e. The fourth-order valence-electron chi connectivity index (χ4n) is 3.56. The quantitative estimate of drug-likeness (QED) is 0.815. The van der Waals surface area contributed by atoms with Crippen molar-refractivity contribution >= 4 is 0 Å². The Bertz CT molecular complexity index is 679. The molecule has 0 heterocycles. The lowest BCUT2D eigenvalue weighted by molar-refractivity contribution is 0.579. The van der Waals surface area contributed by atoms with E-state index in [4.69, 9.17) is 5.73 Å². The highest BCUT2D eigenvalue weighted by atomic mass is 14.6. The van der Waals surface area contributed by atoms with Gasteiger partial charge in [0.1, 0.15) is 0 Å². The van der Waals surface area contributed by atoms with Crippen LogP contribution in [0, 0.1) is 5.92 Å². The fraction of sp³-hybridized carbons (Fsp3) is 0.158. The predicted octanol–water partition coefficient (Wildman–Crippen LogP) is 4.22. The molecule has 4 rings (SSSR count). The van der Waals surface area contributed by atoms with Gasteiger partial charge < -0.3 is 5.73 Å². The lowest BCUT2D eigenvalue weighted by Gasteiger charge is -2.24. The summed E-state index contributed by atoms with van der Waals surface area (Å²) in [6, 6.07) is 17.6. The Balaban J connectivity index is 1.86. The van der Waals surface area contributed by atoms with E-state index in [-0.39, 0.29) is 0 Å². The lowest BCUT2D eigenvalue weighted by atomic mass is 9.80. The fourth-order valence-corrected chi connectivity index (χ4v) is 3.56. The van der Waals surface area contributed by atoms with Crippen molar-refractivity contribution in [2.24, 2.45) is 11.7 Å². The molecule has 0 aliphatic heterocycles. The largest absolute Gasteiger partial charge is 0.399 e. The number of fused-ring (bicyclic) bond motifs is 3. The van der Waals surface area contributed by atoms with Crippen molar-refractivity contribution in [3.8, 4) is 11.1 Å². The maximum Gasteiger partial charge on any atom is 0.0270 e. The van der Waals surface area contributed by atoms with E-state index in [1.165, 1.54) is 22.3 Å². The van der Waals surface area contributed by atoms with Crippen molar-refractivity contribution < 1.29 is 0 Å². The van der Waals surface area contributed by atoms with Crippen LogP contribution in [-0.2, 0) is 0 Å². The van der Waals surface area contributed by atoms with E-state index in [0.29, 0.717) is 11.8 Å². The van der Waals surface area contributed by atoms with E-state index in [1.54, 1.807) is 0 Å². The van der Waals surface area contributed by atoms with Gasteiger partial charge in [-0.25, -0.2) is 0 Å². The topological polar surface area (TPSA) is 26.0 Å².